The Morgan fingerprint density at radius 2 is 1.41 bits per heavy atom. The molecule has 0 rings (SSSR count). The van der Waals surface area contributed by atoms with Gasteiger partial charge in [0.25, 0.3) is 0 Å². The number of rotatable bonds is 5. The van der Waals surface area contributed by atoms with Gasteiger partial charge >= 0.3 is 0 Å². The smallest absolute Gasteiger partial charge is 0.217 e. The second-order valence-electron chi connectivity index (χ2n) is 2.65. The van der Waals surface area contributed by atoms with Crippen LogP contribution in [0.5, 0.6) is 0 Å². The maximum Gasteiger partial charge on any atom is 0.217 e. The molecule has 0 unspecified atom stereocenters. The number of carbonyl (C=O) groups is 3. The number of ether oxygens (including phenoxy) is 2. The van der Waals surface area contributed by atoms with E-state index in [1.807, 2.05) is 13.8 Å². The van der Waals surface area contributed by atoms with Crippen LogP contribution in [-0.2, 0) is 23.9 Å². The van der Waals surface area contributed by atoms with Crippen molar-refractivity contribution in [2.24, 2.45) is 0 Å². The summed E-state index contributed by atoms with van der Waals surface area (Å²) in [5.41, 5.74) is 0. The zero-order chi connectivity index (χ0) is 14.1. The first-order valence-corrected chi connectivity index (χ1v) is 5.19. The monoisotopic (exact) mass is 249 g/mol. The van der Waals surface area contributed by atoms with Crippen LogP contribution in [0.4, 0.5) is 0 Å². The summed E-state index contributed by atoms with van der Waals surface area (Å²) < 4.78 is 9.08. The lowest BCUT2D eigenvalue weighted by atomic mass is 10.4. The molecule has 0 aromatic heterocycles. The van der Waals surface area contributed by atoms with E-state index in [-0.39, 0.29) is 5.91 Å². The third-order valence-electron chi connectivity index (χ3n) is 1.24. The van der Waals surface area contributed by atoms with E-state index in [9.17, 15) is 14.4 Å². The molecular weight excluding hydrogens is 226 g/mol. The highest BCUT2D eigenvalue weighted by molar-refractivity contribution is 5.88. The van der Waals surface area contributed by atoms with E-state index in [1.165, 1.54) is 6.92 Å². The van der Waals surface area contributed by atoms with Crippen molar-refractivity contribution in [3.8, 4) is 0 Å². The Balaban J connectivity index is -0.000000205. The maximum absolute atomic E-state index is 10.1. The number of amides is 1. The van der Waals surface area contributed by atoms with Crippen molar-refractivity contribution in [1.82, 2.24) is 5.32 Å². The molecule has 0 aliphatic rings. The van der Waals surface area contributed by atoms with E-state index >= 15 is 0 Å². The maximum atomic E-state index is 10.1. The molecule has 0 spiro atoms. The van der Waals surface area contributed by atoms with Crippen molar-refractivity contribution in [3.63, 3.8) is 0 Å². The molecule has 0 aromatic carbocycles. The molecule has 0 bridgehead atoms. The molecule has 0 aromatic rings. The molecule has 0 aliphatic carbocycles. The molecule has 0 saturated carbocycles. The lowest BCUT2D eigenvalue weighted by molar-refractivity contribution is -0.125. The van der Waals surface area contributed by atoms with E-state index in [4.69, 9.17) is 0 Å². The van der Waals surface area contributed by atoms with Gasteiger partial charge in [0.05, 0.1) is 0 Å². The van der Waals surface area contributed by atoms with Crippen LogP contribution in [0.2, 0.25) is 0 Å². The van der Waals surface area contributed by atoms with Gasteiger partial charge in [0.2, 0.25) is 5.91 Å². The van der Waals surface area contributed by atoms with Crippen molar-refractivity contribution < 1.29 is 23.9 Å². The lowest BCUT2D eigenvalue weighted by Crippen LogP contribution is -2.35. The number of nitrogens with one attached hydrogen (secondary N) is 1. The molecule has 6 heteroatoms. The SMILES string of the molecule is CC(=O)NC(C=O)C=O.CCOC.CCOC. The zero-order valence-corrected chi connectivity index (χ0v) is 11.2. The summed E-state index contributed by atoms with van der Waals surface area (Å²) in [5, 5.41) is 2.10. The van der Waals surface area contributed by atoms with Crippen molar-refractivity contribution >= 4 is 18.5 Å². The fourth-order valence-electron chi connectivity index (χ4n) is 0.335. The van der Waals surface area contributed by atoms with E-state index in [2.05, 4.69) is 14.8 Å². The molecule has 0 aliphatic heterocycles. The van der Waals surface area contributed by atoms with Gasteiger partial charge in [-0.05, 0) is 13.8 Å². The van der Waals surface area contributed by atoms with E-state index in [1.54, 1.807) is 14.2 Å². The van der Waals surface area contributed by atoms with Gasteiger partial charge in [0, 0.05) is 34.4 Å². The molecule has 1 amide bonds. The number of hydrogen-bond donors (Lipinski definition) is 1. The van der Waals surface area contributed by atoms with Crippen LogP contribution in [0.3, 0.4) is 0 Å². The van der Waals surface area contributed by atoms with E-state index < -0.39 is 6.04 Å². The van der Waals surface area contributed by atoms with Gasteiger partial charge in [0.15, 0.2) is 0 Å². The summed E-state index contributed by atoms with van der Waals surface area (Å²) in [7, 11) is 3.36. The first-order chi connectivity index (χ1) is 8.03. The van der Waals surface area contributed by atoms with Crippen LogP contribution in [0.1, 0.15) is 20.8 Å². The van der Waals surface area contributed by atoms with Crippen molar-refractivity contribution in [1.29, 1.82) is 0 Å². The summed E-state index contributed by atoms with van der Waals surface area (Å²) in [4.78, 5) is 29.8. The minimum Gasteiger partial charge on any atom is -0.385 e. The van der Waals surface area contributed by atoms with Crippen molar-refractivity contribution in [2.45, 2.75) is 26.8 Å². The summed E-state index contributed by atoms with van der Waals surface area (Å²) in [5.74, 6) is -0.390. The molecule has 102 valence electrons. The molecule has 6 nitrogen and oxygen atoms in total. The largest absolute Gasteiger partial charge is 0.385 e. The summed E-state index contributed by atoms with van der Waals surface area (Å²) >= 11 is 0. The molecule has 0 atom stereocenters. The molecular formula is C11H23NO5. The van der Waals surface area contributed by atoms with Gasteiger partial charge in [-0.15, -0.1) is 0 Å². The van der Waals surface area contributed by atoms with E-state index in [0.717, 1.165) is 13.2 Å². The predicted octanol–water partition coefficient (Wildman–Crippen LogP) is 0.194. The third-order valence-corrected chi connectivity index (χ3v) is 1.24. The highest BCUT2D eigenvalue weighted by Crippen LogP contribution is 1.69. The van der Waals surface area contributed by atoms with Gasteiger partial charge in [-0.1, -0.05) is 0 Å². The Morgan fingerprint density at radius 3 is 1.47 bits per heavy atom. The van der Waals surface area contributed by atoms with Gasteiger partial charge in [-0.25, -0.2) is 0 Å². The first kappa shape index (κ1) is 21.1. The fraction of sp³-hybridized carbons (Fsp3) is 0.727. The second kappa shape index (κ2) is 20.2. The number of hydrogen-bond acceptors (Lipinski definition) is 5. The quantitative estimate of drug-likeness (QED) is 0.556. The molecule has 0 saturated heterocycles. The van der Waals surface area contributed by atoms with Crippen LogP contribution in [0, 0.1) is 0 Å². The van der Waals surface area contributed by atoms with E-state index in [0.29, 0.717) is 12.6 Å². The lowest BCUT2D eigenvalue weighted by Gasteiger charge is -1.99. The highest BCUT2D eigenvalue weighted by Gasteiger charge is 2.03. The fourth-order valence-corrected chi connectivity index (χ4v) is 0.335. The predicted molar refractivity (Wildman–Crippen MR) is 64.8 cm³/mol. The average Bonchev–Trinajstić information content (AvgIpc) is 2.36. The van der Waals surface area contributed by atoms with Crippen LogP contribution in [-0.4, -0.2) is 52.0 Å². The molecule has 0 fully saturated rings. The van der Waals surface area contributed by atoms with Crippen molar-refractivity contribution in [3.05, 3.63) is 0 Å². The molecule has 17 heavy (non-hydrogen) atoms. The topological polar surface area (TPSA) is 81.7 Å². The Morgan fingerprint density at radius 1 is 1.12 bits per heavy atom. The summed E-state index contributed by atoms with van der Waals surface area (Å²) in [6, 6.07) is -0.984. The number of aldehydes is 2. The normalized spacial score (nSPS) is 8.12. The zero-order valence-electron chi connectivity index (χ0n) is 11.2. The minimum absolute atomic E-state index is 0.369. The van der Waals surface area contributed by atoms with Gasteiger partial charge in [-0.2, -0.15) is 0 Å². The third kappa shape index (κ3) is 31.3. The summed E-state index contributed by atoms with van der Waals surface area (Å²) in [6.07, 6.45) is 0.739. The van der Waals surface area contributed by atoms with Crippen LogP contribution >= 0.6 is 0 Å². The molecule has 0 radical (unpaired) electrons. The number of methoxy groups -OCH3 is 2. The second-order valence-corrected chi connectivity index (χ2v) is 2.65. The average molecular weight is 249 g/mol. The Bertz CT molecular complexity index is 169. The van der Waals surface area contributed by atoms with Crippen LogP contribution < -0.4 is 5.32 Å². The standard InChI is InChI=1S/C5H7NO3.2C3H8O/c1-4(9)6-5(2-7)3-8;2*1-3-4-2/h2-3,5H,1H3,(H,6,9);2*3H2,1-2H3. The Hall–Kier alpha value is -1.27. The Labute approximate surface area is 103 Å². The number of carbonyl (C=O) groups excluding carboxylic acids is 3. The van der Waals surface area contributed by atoms with Crippen LogP contribution in [0.25, 0.3) is 0 Å². The first-order valence-electron chi connectivity index (χ1n) is 5.19. The van der Waals surface area contributed by atoms with Crippen molar-refractivity contribution in [2.75, 3.05) is 27.4 Å². The molecule has 0 heterocycles. The highest BCUT2D eigenvalue weighted by atomic mass is 16.5. The molecule has 1 N–H and O–H groups in total. The van der Waals surface area contributed by atoms with Gasteiger partial charge in [-0.3, -0.25) is 4.79 Å². The minimum atomic E-state index is -0.984. The summed E-state index contributed by atoms with van der Waals surface area (Å²) in [6.45, 7) is 6.79. The van der Waals surface area contributed by atoms with Crippen LogP contribution in [0.15, 0.2) is 0 Å². The Kier molecular flexibility index (Phi) is 25.0. The van der Waals surface area contributed by atoms with Gasteiger partial charge in [0.1, 0.15) is 18.6 Å². The van der Waals surface area contributed by atoms with Gasteiger partial charge < -0.3 is 24.4 Å².